The molecule has 1 aliphatic carbocycles. The monoisotopic (exact) mass is 348 g/mol. The maximum Gasteiger partial charge on any atom is 0.191 e. The van der Waals surface area contributed by atoms with Gasteiger partial charge in [0.25, 0.3) is 0 Å². The predicted molar refractivity (Wildman–Crippen MR) is 98.8 cm³/mol. The topological polar surface area (TPSA) is 71.7 Å². The lowest BCUT2D eigenvalue weighted by molar-refractivity contribution is -0.188. The van der Waals surface area contributed by atoms with Crippen molar-refractivity contribution in [3.8, 4) is 0 Å². The number of hydrogen-bond acceptors (Lipinski definition) is 4. The van der Waals surface area contributed by atoms with Crippen LogP contribution in [0.1, 0.15) is 50.6 Å². The summed E-state index contributed by atoms with van der Waals surface area (Å²) in [5, 5.41) is 11.1. The van der Waals surface area contributed by atoms with Crippen LogP contribution in [0.2, 0.25) is 0 Å². The Morgan fingerprint density at radius 1 is 1.36 bits per heavy atom. The Labute approximate surface area is 150 Å². The summed E-state index contributed by atoms with van der Waals surface area (Å²) in [6, 6.07) is 0.412. The van der Waals surface area contributed by atoms with Crippen molar-refractivity contribution in [3.63, 3.8) is 0 Å². The van der Waals surface area contributed by atoms with E-state index in [1.165, 1.54) is 12.0 Å². The van der Waals surface area contributed by atoms with E-state index < -0.39 is 0 Å². The third kappa shape index (κ3) is 3.54. The van der Waals surface area contributed by atoms with Crippen molar-refractivity contribution in [3.05, 3.63) is 17.0 Å². The van der Waals surface area contributed by atoms with Gasteiger partial charge >= 0.3 is 0 Å². The van der Waals surface area contributed by atoms with E-state index in [0.29, 0.717) is 18.1 Å². The van der Waals surface area contributed by atoms with E-state index >= 15 is 0 Å². The van der Waals surface area contributed by atoms with E-state index in [2.05, 4.69) is 36.6 Å². The molecular weight excluding hydrogens is 316 g/mol. The van der Waals surface area contributed by atoms with Gasteiger partial charge in [0, 0.05) is 42.6 Å². The second-order valence-corrected chi connectivity index (χ2v) is 7.85. The van der Waals surface area contributed by atoms with Crippen molar-refractivity contribution in [2.45, 2.75) is 66.0 Å². The molecule has 1 aromatic heterocycles. The molecule has 2 N–H and O–H groups in total. The van der Waals surface area contributed by atoms with Crippen LogP contribution in [0.15, 0.2) is 9.52 Å². The van der Waals surface area contributed by atoms with Crippen LogP contribution in [0.5, 0.6) is 0 Å². The second kappa shape index (κ2) is 7.36. The summed E-state index contributed by atoms with van der Waals surface area (Å²) in [6.45, 7) is 13.1. The Bertz CT molecular complexity index is 603. The molecule has 1 saturated heterocycles. The van der Waals surface area contributed by atoms with Crippen LogP contribution >= 0.6 is 0 Å². The first-order valence-corrected chi connectivity index (χ1v) is 9.53. The van der Waals surface area contributed by atoms with E-state index in [9.17, 15) is 0 Å². The molecule has 0 spiro atoms. The Balaban J connectivity index is 1.63. The first-order chi connectivity index (χ1) is 11.9. The smallest absolute Gasteiger partial charge is 0.191 e. The Morgan fingerprint density at radius 3 is 2.84 bits per heavy atom. The first kappa shape index (κ1) is 18.2. The quantitative estimate of drug-likeness (QED) is 0.632. The summed E-state index contributed by atoms with van der Waals surface area (Å²) in [7, 11) is 0. The number of fused-ring (bicyclic) bond motifs is 1. The van der Waals surface area contributed by atoms with Gasteiger partial charge in [0.05, 0.1) is 11.8 Å². The standard InChI is InChI=1S/C19H32N4O2/c1-6-20-18(21-10-9-14-12(2)23-25-13(14)3)22-16-15-8-7-11-24-17(15)19(16,4)5/h15-17H,6-11H2,1-5H3,(H2,20,21,22). The number of aliphatic imine (C=N–C) groups is 1. The molecule has 3 unspecified atom stereocenters. The third-order valence-electron chi connectivity index (χ3n) is 5.78. The fraction of sp³-hybridized carbons (Fsp3) is 0.789. The fourth-order valence-electron chi connectivity index (χ4n) is 4.42. The zero-order valence-corrected chi connectivity index (χ0v) is 16.2. The SMILES string of the molecule is CCNC(=NCCc1c(C)noc1C)NC1C2CCCOC2C1(C)C. The molecule has 0 bridgehead atoms. The van der Waals surface area contributed by atoms with Crippen molar-refractivity contribution < 1.29 is 9.26 Å². The number of guanidine groups is 1. The molecule has 25 heavy (non-hydrogen) atoms. The highest BCUT2D eigenvalue weighted by Crippen LogP contribution is 2.51. The van der Waals surface area contributed by atoms with Gasteiger partial charge in [0.1, 0.15) is 5.76 Å². The van der Waals surface area contributed by atoms with E-state index in [1.807, 2.05) is 13.8 Å². The molecule has 6 heteroatoms. The molecule has 1 aliphatic heterocycles. The summed E-state index contributed by atoms with van der Waals surface area (Å²) in [5.74, 6) is 2.39. The Kier molecular flexibility index (Phi) is 5.37. The highest BCUT2D eigenvalue weighted by molar-refractivity contribution is 5.80. The lowest BCUT2D eigenvalue weighted by Crippen LogP contribution is -2.71. The molecule has 2 heterocycles. The van der Waals surface area contributed by atoms with Crippen molar-refractivity contribution in [1.29, 1.82) is 0 Å². The summed E-state index contributed by atoms with van der Waals surface area (Å²) < 4.78 is 11.2. The number of aromatic nitrogens is 1. The van der Waals surface area contributed by atoms with Gasteiger partial charge in [0.15, 0.2) is 5.96 Å². The molecule has 0 radical (unpaired) electrons. The van der Waals surface area contributed by atoms with Crippen LogP contribution in [-0.4, -0.2) is 43.0 Å². The molecule has 6 nitrogen and oxygen atoms in total. The Morgan fingerprint density at radius 2 is 2.16 bits per heavy atom. The van der Waals surface area contributed by atoms with Crippen molar-refractivity contribution in [1.82, 2.24) is 15.8 Å². The van der Waals surface area contributed by atoms with E-state index in [-0.39, 0.29) is 5.41 Å². The average Bonchev–Trinajstić information content (AvgIpc) is 2.91. The number of rotatable bonds is 5. The van der Waals surface area contributed by atoms with Gasteiger partial charge in [-0.25, -0.2) is 0 Å². The summed E-state index contributed by atoms with van der Waals surface area (Å²) >= 11 is 0. The van der Waals surface area contributed by atoms with E-state index in [0.717, 1.165) is 50.0 Å². The van der Waals surface area contributed by atoms with Crippen LogP contribution in [0.25, 0.3) is 0 Å². The predicted octanol–water partition coefficient (Wildman–Crippen LogP) is 2.59. The van der Waals surface area contributed by atoms with Gasteiger partial charge < -0.3 is 19.9 Å². The van der Waals surface area contributed by atoms with Crippen molar-refractivity contribution in [2.24, 2.45) is 16.3 Å². The number of nitrogens with zero attached hydrogens (tertiary/aromatic N) is 2. The molecule has 2 fully saturated rings. The van der Waals surface area contributed by atoms with E-state index in [4.69, 9.17) is 14.3 Å². The third-order valence-corrected chi connectivity index (χ3v) is 5.78. The average molecular weight is 348 g/mol. The maximum absolute atomic E-state index is 6.00. The zero-order valence-electron chi connectivity index (χ0n) is 16.2. The van der Waals surface area contributed by atoms with Crippen LogP contribution < -0.4 is 10.6 Å². The van der Waals surface area contributed by atoms with Crippen LogP contribution in [-0.2, 0) is 11.2 Å². The molecular formula is C19H32N4O2. The Hall–Kier alpha value is -1.56. The number of hydrogen-bond donors (Lipinski definition) is 2. The summed E-state index contributed by atoms with van der Waals surface area (Å²) in [6.07, 6.45) is 3.63. The molecule has 3 atom stereocenters. The summed E-state index contributed by atoms with van der Waals surface area (Å²) in [5.41, 5.74) is 2.28. The molecule has 140 valence electrons. The van der Waals surface area contributed by atoms with Gasteiger partial charge in [-0.05, 0) is 40.0 Å². The van der Waals surface area contributed by atoms with Gasteiger partial charge in [-0.3, -0.25) is 4.99 Å². The molecule has 1 saturated carbocycles. The minimum absolute atomic E-state index is 0.142. The number of aryl methyl sites for hydroxylation is 2. The maximum atomic E-state index is 6.00. The van der Waals surface area contributed by atoms with Crippen LogP contribution in [0, 0.1) is 25.2 Å². The molecule has 0 aromatic carbocycles. The molecule has 2 aliphatic rings. The second-order valence-electron chi connectivity index (χ2n) is 7.85. The minimum Gasteiger partial charge on any atom is -0.377 e. The van der Waals surface area contributed by atoms with Gasteiger partial charge in [-0.2, -0.15) is 0 Å². The van der Waals surface area contributed by atoms with Crippen LogP contribution in [0.3, 0.4) is 0 Å². The number of nitrogens with one attached hydrogen (secondary N) is 2. The van der Waals surface area contributed by atoms with Crippen molar-refractivity contribution >= 4 is 5.96 Å². The number of ether oxygens (including phenoxy) is 1. The molecule has 3 rings (SSSR count). The highest BCUT2D eigenvalue weighted by atomic mass is 16.5. The molecule has 0 amide bonds. The van der Waals surface area contributed by atoms with Gasteiger partial charge in [-0.1, -0.05) is 19.0 Å². The van der Waals surface area contributed by atoms with Crippen molar-refractivity contribution in [2.75, 3.05) is 19.7 Å². The normalized spacial score (nSPS) is 28.2. The van der Waals surface area contributed by atoms with Gasteiger partial charge in [-0.15, -0.1) is 0 Å². The summed E-state index contributed by atoms with van der Waals surface area (Å²) in [4.78, 5) is 4.78. The lowest BCUT2D eigenvalue weighted by Gasteiger charge is -2.60. The molecule has 1 aromatic rings. The largest absolute Gasteiger partial charge is 0.377 e. The highest BCUT2D eigenvalue weighted by Gasteiger charge is 2.58. The van der Waals surface area contributed by atoms with Crippen LogP contribution in [0.4, 0.5) is 0 Å². The minimum atomic E-state index is 0.142. The first-order valence-electron chi connectivity index (χ1n) is 9.53. The fourth-order valence-corrected chi connectivity index (χ4v) is 4.42. The van der Waals surface area contributed by atoms with Gasteiger partial charge in [0.2, 0.25) is 0 Å². The zero-order chi connectivity index (χ0) is 18.0. The van der Waals surface area contributed by atoms with E-state index in [1.54, 1.807) is 0 Å². The lowest BCUT2D eigenvalue weighted by atomic mass is 9.55.